The lowest BCUT2D eigenvalue weighted by Crippen LogP contribution is -2.36. The maximum absolute atomic E-state index is 12.4. The van der Waals surface area contributed by atoms with Gasteiger partial charge in [0.15, 0.2) is 0 Å². The number of carbonyl (C=O) groups excluding carboxylic acids is 2. The van der Waals surface area contributed by atoms with Crippen molar-refractivity contribution in [3.8, 4) is 11.4 Å². The van der Waals surface area contributed by atoms with Crippen LogP contribution in [0.25, 0.3) is 11.4 Å². The number of tetrazole rings is 1. The van der Waals surface area contributed by atoms with Gasteiger partial charge in [-0.3, -0.25) is 14.5 Å². The number of likely N-dealkylation sites (N-methyl/N-ethyl adjacent to an activating group) is 1. The standard InChI is InChI=1S/C16H20N6O3/c1-21-9-12(8-13(21)16(24)25-3)17-15(23)11-6-4-10(5-7-11)14-18-20-22(2)19-14/h4-7,12-13H,8-9H2,1-3H3,(H,17,23)/t12-,13+/m1/s1. The lowest BCUT2D eigenvalue weighted by atomic mass is 10.1. The number of aryl methyl sites for hydroxylation is 1. The van der Waals surface area contributed by atoms with Crippen LogP contribution in [0.4, 0.5) is 0 Å². The van der Waals surface area contributed by atoms with Gasteiger partial charge in [-0.15, -0.1) is 10.2 Å². The second kappa shape index (κ2) is 6.98. The number of methoxy groups -OCH3 is 1. The second-order valence-corrected chi connectivity index (χ2v) is 6.06. The summed E-state index contributed by atoms with van der Waals surface area (Å²) in [6.45, 7) is 0.604. The topological polar surface area (TPSA) is 102 Å². The highest BCUT2D eigenvalue weighted by atomic mass is 16.5. The van der Waals surface area contributed by atoms with Crippen LogP contribution in [0.3, 0.4) is 0 Å². The Hall–Kier alpha value is -2.81. The fourth-order valence-electron chi connectivity index (χ4n) is 2.95. The van der Waals surface area contributed by atoms with E-state index in [9.17, 15) is 9.59 Å². The first-order valence-electron chi connectivity index (χ1n) is 7.91. The highest BCUT2D eigenvalue weighted by molar-refractivity contribution is 5.94. The molecule has 1 N–H and O–H groups in total. The quantitative estimate of drug-likeness (QED) is 0.770. The van der Waals surface area contributed by atoms with E-state index in [1.807, 2.05) is 11.9 Å². The Bertz CT molecular complexity index is 772. The lowest BCUT2D eigenvalue weighted by molar-refractivity contribution is -0.145. The molecule has 1 aliphatic heterocycles. The first-order valence-corrected chi connectivity index (χ1v) is 7.91. The van der Waals surface area contributed by atoms with E-state index in [-0.39, 0.29) is 24.0 Å². The number of esters is 1. The summed E-state index contributed by atoms with van der Waals surface area (Å²) in [5.74, 6) is 0.0513. The van der Waals surface area contributed by atoms with Gasteiger partial charge in [-0.1, -0.05) is 12.1 Å². The maximum atomic E-state index is 12.4. The molecule has 1 fully saturated rings. The fourth-order valence-corrected chi connectivity index (χ4v) is 2.95. The van der Waals surface area contributed by atoms with Crippen molar-refractivity contribution in [1.29, 1.82) is 0 Å². The van der Waals surface area contributed by atoms with Crippen LogP contribution in [0, 0.1) is 0 Å². The number of benzene rings is 1. The van der Waals surface area contributed by atoms with Crippen molar-refractivity contribution in [3.05, 3.63) is 29.8 Å². The third kappa shape index (κ3) is 3.66. The molecule has 0 radical (unpaired) electrons. The third-order valence-electron chi connectivity index (χ3n) is 4.27. The van der Waals surface area contributed by atoms with Gasteiger partial charge in [-0.25, -0.2) is 0 Å². The monoisotopic (exact) mass is 344 g/mol. The van der Waals surface area contributed by atoms with E-state index in [0.717, 1.165) is 5.56 Å². The molecule has 2 heterocycles. The Labute approximate surface area is 144 Å². The number of aromatic nitrogens is 4. The van der Waals surface area contributed by atoms with E-state index in [0.29, 0.717) is 24.4 Å². The summed E-state index contributed by atoms with van der Waals surface area (Å²) in [6, 6.07) is 6.59. The van der Waals surface area contributed by atoms with E-state index in [1.54, 1.807) is 31.3 Å². The van der Waals surface area contributed by atoms with Crippen molar-refractivity contribution >= 4 is 11.9 Å². The van der Waals surface area contributed by atoms with Gasteiger partial charge in [0.1, 0.15) is 6.04 Å². The van der Waals surface area contributed by atoms with Crippen molar-refractivity contribution in [3.63, 3.8) is 0 Å². The molecule has 2 atom stereocenters. The molecule has 1 aromatic carbocycles. The van der Waals surface area contributed by atoms with E-state index >= 15 is 0 Å². The molecule has 9 heteroatoms. The minimum absolute atomic E-state index is 0.0945. The third-order valence-corrected chi connectivity index (χ3v) is 4.27. The predicted octanol–water partition coefficient (Wildman–Crippen LogP) is -0.147. The number of ether oxygens (including phenoxy) is 1. The van der Waals surface area contributed by atoms with Gasteiger partial charge in [-0.05, 0) is 30.8 Å². The molecule has 0 unspecified atom stereocenters. The van der Waals surface area contributed by atoms with Crippen molar-refractivity contribution in [2.24, 2.45) is 7.05 Å². The molecule has 9 nitrogen and oxygen atoms in total. The molecule has 25 heavy (non-hydrogen) atoms. The molecule has 0 saturated carbocycles. The number of nitrogens with zero attached hydrogens (tertiary/aromatic N) is 5. The first-order chi connectivity index (χ1) is 12.0. The van der Waals surface area contributed by atoms with Gasteiger partial charge in [0.05, 0.1) is 14.2 Å². The summed E-state index contributed by atoms with van der Waals surface area (Å²) in [5, 5.41) is 14.8. The van der Waals surface area contributed by atoms with Crippen LogP contribution in [0.5, 0.6) is 0 Å². The Morgan fingerprint density at radius 2 is 1.96 bits per heavy atom. The van der Waals surface area contributed by atoms with Crippen LogP contribution < -0.4 is 5.32 Å². The lowest BCUT2D eigenvalue weighted by Gasteiger charge is -2.15. The highest BCUT2D eigenvalue weighted by Gasteiger charge is 2.35. The minimum Gasteiger partial charge on any atom is -0.468 e. The molecule has 1 saturated heterocycles. The normalized spacial score (nSPS) is 20.4. The summed E-state index contributed by atoms with van der Waals surface area (Å²) in [7, 11) is 4.91. The Morgan fingerprint density at radius 3 is 2.56 bits per heavy atom. The summed E-state index contributed by atoms with van der Waals surface area (Å²) in [6.07, 6.45) is 0.538. The number of rotatable bonds is 4. The van der Waals surface area contributed by atoms with E-state index in [1.165, 1.54) is 11.9 Å². The minimum atomic E-state index is -0.319. The summed E-state index contributed by atoms with van der Waals surface area (Å²) >= 11 is 0. The number of likely N-dealkylation sites (tertiary alicyclic amines) is 1. The second-order valence-electron chi connectivity index (χ2n) is 6.06. The number of carbonyl (C=O) groups is 2. The molecular weight excluding hydrogens is 324 g/mol. The Balaban J connectivity index is 1.63. The van der Waals surface area contributed by atoms with Crippen LogP contribution in [0.2, 0.25) is 0 Å². The van der Waals surface area contributed by atoms with E-state index in [4.69, 9.17) is 4.74 Å². The largest absolute Gasteiger partial charge is 0.468 e. The van der Waals surface area contributed by atoms with Gasteiger partial charge < -0.3 is 10.1 Å². The summed E-state index contributed by atoms with van der Waals surface area (Å²) < 4.78 is 4.79. The van der Waals surface area contributed by atoms with Gasteiger partial charge >= 0.3 is 5.97 Å². The molecule has 1 amide bonds. The molecular formula is C16H20N6O3. The molecule has 1 aliphatic rings. The van der Waals surface area contributed by atoms with Crippen molar-refractivity contribution in [2.45, 2.75) is 18.5 Å². The van der Waals surface area contributed by atoms with Crippen LogP contribution in [-0.2, 0) is 16.6 Å². The van der Waals surface area contributed by atoms with E-state index < -0.39 is 0 Å². The van der Waals surface area contributed by atoms with Crippen molar-refractivity contribution in [2.75, 3.05) is 20.7 Å². The smallest absolute Gasteiger partial charge is 0.323 e. The molecule has 2 aromatic rings. The molecule has 0 aliphatic carbocycles. The first kappa shape index (κ1) is 17.0. The molecule has 3 rings (SSSR count). The zero-order valence-electron chi connectivity index (χ0n) is 14.3. The number of hydrogen-bond acceptors (Lipinski definition) is 7. The van der Waals surface area contributed by atoms with E-state index in [2.05, 4.69) is 20.7 Å². The molecule has 0 spiro atoms. The Morgan fingerprint density at radius 1 is 1.24 bits per heavy atom. The fraction of sp³-hybridized carbons (Fsp3) is 0.438. The average molecular weight is 344 g/mol. The molecule has 1 aromatic heterocycles. The van der Waals surface area contributed by atoms with Crippen LogP contribution >= 0.6 is 0 Å². The predicted molar refractivity (Wildman–Crippen MR) is 88.5 cm³/mol. The van der Waals surface area contributed by atoms with Crippen LogP contribution in [0.1, 0.15) is 16.8 Å². The molecule has 132 valence electrons. The SMILES string of the molecule is COC(=O)[C@@H]1C[C@@H](NC(=O)c2ccc(-c3nnn(C)n3)cc2)CN1C. The van der Waals surface area contributed by atoms with Crippen molar-refractivity contribution in [1.82, 2.24) is 30.4 Å². The summed E-state index contributed by atoms with van der Waals surface area (Å²) in [4.78, 5) is 27.4. The van der Waals surface area contributed by atoms with Gasteiger partial charge in [0.25, 0.3) is 5.91 Å². The zero-order chi connectivity index (χ0) is 18.0. The zero-order valence-corrected chi connectivity index (χ0v) is 14.3. The highest BCUT2D eigenvalue weighted by Crippen LogP contribution is 2.18. The number of nitrogens with one attached hydrogen (secondary N) is 1. The maximum Gasteiger partial charge on any atom is 0.323 e. The Kier molecular flexibility index (Phi) is 4.75. The van der Waals surface area contributed by atoms with Crippen LogP contribution in [0.15, 0.2) is 24.3 Å². The summed E-state index contributed by atoms with van der Waals surface area (Å²) in [5.41, 5.74) is 1.33. The van der Waals surface area contributed by atoms with Crippen LogP contribution in [-0.4, -0.2) is 69.8 Å². The number of hydrogen-bond donors (Lipinski definition) is 1. The molecule has 0 bridgehead atoms. The van der Waals surface area contributed by atoms with Gasteiger partial charge in [-0.2, -0.15) is 4.80 Å². The average Bonchev–Trinajstić information content (AvgIpc) is 3.20. The van der Waals surface area contributed by atoms with Gasteiger partial charge in [0.2, 0.25) is 5.82 Å². The van der Waals surface area contributed by atoms with Gasteiger partial charge in [0, 0.05) is 23.7 Å². The number of amides is 1. The van der Waals surface area contributed by atoms with Crippen molar-refractivity contribution < 1.29 is 14.3 Å².